The van der Waals surface area contributed by atoms with Gasteiger partial charge in [-0.05, 0) is 65.5 Å². The molecule has 8 nitrogen and oxygen atoms in total. The van der Waals surface area contributed by atoms with Crippen LogP contribution in [0.5, 0.6) is 0 Å². The maximum atomic E-state index is 12.2. The molecule has 162 valence electrons. The first kappa shape index (κ1) is 21.6. The molecule has 3 heterocycles. The molecule has 8 heteroatoms. The molecule has 1 aromatic rings. The number of aliphatic imine (C=N–C) groups is 1. The second kappa shape index (κ2) is 10.6. The molecule has 0 radical (unpaired) electrons. The fourth-order valence-electron chi connectivity index (χ4n) is 3.94. The van der Waals surface area contributed by atoms with E-state index in [0.717, 1.165) is 94.8 Å². The number of hydrogen-bond donors (Lipinski definition) is 2. The van der Waals surface area contributed by atoms with Crippen molar-refractivity contribution in [3.63, 3.8) is 0 Å². The first-order valence-electron chi connectivity index (χ1n) is 11.0. The number of aromatic nitrogens is 1. The lowest BCUT2D eigenvalue weighted by Crippen LogP contribution is -2.43. The van der Waals surface area contributed by atoms with Crippen LogP contribution in [0.1, 0.15) is 50.0 Å². The molecule has 0 spiro atoms. The molecular formula is C21H36N6O2. The number of carbonyl (C=O) groups is 1. The minimum atomic E-state index is 0.130. The van der Waals surface area contributed by atoms with Crippen molar-refractivity contribution in [1.29, 1.82) is 0 Å². The summed E-state index contributed by atoms with van der Waals surface area (Å²) in [5.74, 6) is 3.22. The molecule has 0 bridgehead atoms. The summed E-state index contributed by atoms with van der Waals surface area (Å²) in [5, 5.41) is 6.68. The first-order chi connectivity index (χ1) is 14.0. The van der Waals surface area contributed by atoms with Crippen molar-refractivity contribution in [2.75, 3.05) is 45.8 Å². The molecule has 2 fully saturated rings. The fraction of sp³-hybridized carbons (Fsp3) is 0.762. The van der Waals surface area contributed by atoms with Crippen molar-refractivity contribution in [1.82, 2.24) is 25.4 Å². The van der Waals surface area contributed by atoms with Gasteiger partial charge in [-0.15, -0.1) is 0 Å². The van der Waals surface area contributed by atoms with Crippen molar-refractivity contribution in [2.24, 2.45) is 10.9 Å². The van der Waals surface area contributed by atoms with Crippen LogP contribution in [-0.2, 0) is 11.3 Å². The summed E-state index contributed by atoms with van der Waals surface area (Å²) in [5.41, 5.74) is 0.984. The van der Waals surface area contributed by atoms with E-state index in [4.69, 9.17) is 4.42 Å². The standard InChI is InChI=1S/C21H36N6O2/c1-4-22-21(24-14-20(28)27-9-5-6-10-27)23-13-18-7-11-26(12-8-18)15-19-25-16(2)17(3)29-19/h18H,4-15H2,1-3H3,(H2,22,23,24). The monoisotopic (exact) mass is 404 g/mol. The Balaban J connectivity index is 1.39. The van der Waals surface area contributed by atoms with Gasteiger partial charge in [0.2, 0.25) is 11.8 Å². The number of rotatable bonds is 7. The van der Waals surface area contributed by atoms with E-state index in [1.165, 1.54) is 0 Å². The smallest absolute Gasteiger partial charge is 0.244 e. The van der Waals surface area contributed by atoms with E-state index >= 15 is 0 Å². The van der Waals surface area contributed by atoms with E-state index < -0.39 is 0 Å². The number of piperidine rings is 1. The molecule has 0 saturated carbocycles. The number of nitrogens with one attached hydrogen (secondary N) is 2. The average molecular weight is 405 g/mol. The Morgan fingerprint density at radius 2 is 1.90 bits per heavy atom. The highest BCUT2D eigenvalue weighted by atomic mass is 16.4. The van der Waals surface area contributed by atoms with Gasteiger partial charge in [0, 0.05) is 26.2 Å². The van der Waals surface area contributed by atoms with Crippen LogP contribution in [0, 0.1) is 19.8 Å². The van der Waals surface area contributed by atoms with Crippen molar-refractivity contribution in [2.45, 2.75) is 53.0 Å². The molecule has 3 rings (SSSR count). The predicted octanol–water partition coefficient (Wildman–Crippen LogP) is 1.68. The van der Waals surface area contributed by atoms with Crippen LogP contribution in [0.3, 0.4) is 0 Å². The van der Waals surface area contributed by atoms with Crippen molar-refractivity contribution >= 4 is 11.9 Å². The van der Waals surface area contributed by atoms with Gasteiger partial charge >= 0.3 is 0 Å². The molecule has 29 heavy (non-hydrogen) atoms. The van der Waals surface area contributed by atoms with Crippen LogP contribution in [0.4, 0.5) is 0 Å². The fourth-order valence-corrected chi connectivity index (χ4v) is 3.94. The molecule has 1 amide bonds. The van der Waals surface area contributed by atoms with Gasteiger partial charge in [-0.3, -0.25) is 9.69 Å². The summed E-state index contributed by atoms with van der Waals surface area (Å²) in [6.07, 6.45) is 4.50. The maximum Gasteiger partial charge on any atom is 0.244 e. The summed E-state index contributed by atoms with van der Waals surface area (Å²) in [4.78, 5) is 25.5. The SMILES string of the molecule is CCNC(=NCC(=O)N1CCCC1)NCC1CCN(Cc2nc(C)c(C)o2)CC1. The Labute approximate surface area is 174 Å². The molecule has 2 N–H and O–H groups in total. The largest absolute Gasteiger partial charge is 0.444 e. The molecule has 0 unspecified atom stereocenters. The Kier molecular flexibility index (Phi) is 7.91. The van der Waals surface area contributed by atoms with Gasteiger partial charge in [-0.2, -0.15) is 0 Å². The summed E-state index contributed by atoms with van der Waals surface area (Å²) in [7, 11) is 0. The topological polar surface area (TPSA) is 86.0 Å². The highest BCUT2D eigenvalue weighted by molar-refractivity contribution is 5.85. The van der Waals surface area contributed by atoms with Gasteiger partial charge in [-0.1, -0.05) is 0 Å². The van der Waals surface area contributed by atoms with Crippen molar-refractivity contribution < 1.29 is 9.21 Å². The molecule has 2 aliphatic rings. The Bertz CT molecular complexity index is 668. The van der Waals surface area contributed by atoms with Crippen LogP contribution in [0.15, 0.2) is 9.41 Å². The number of carbonyl (C=O) groups excluding carboxylic acids is 1. The van der Waals surface area contributed by atoms with Crippen LogP contribution < -0.4 is 10.6 Å². The molecule has 0 aromatic carbocycles. The van der Waals surface area contributed by atoms with Gasteiger partial charge in [0.25, 0.3) is 0 Å². The number of nitrogens with zero attached hydrogens (tertiary/aromatic N) is 4. The lowest BCUT2D eigenvalue weighted by Gasteiger charge is -2.31. The summed E-state index contributed by atoms with van der Waals surface area (Å²) < 4.78 is 5.71. The third-order valence-corrected chi connectivity index (χ3v) is 5.87. The van der Waals surface area contributed by atoms with Crippen LogP contribution >= 0.6 is 0 Å². The molecule has 1 aromatic heterocycles. The predicted molar refractivity (Wildman–Crippen MR) is 114 cm³/mol. The van der Waals surface area contributed by atoms with E-state index in [0.29, 0.717) is 5.92 Å². The Hall–Kier alpha value is -2.09. The maximum absolute atomic E-state index is 12.2. The lowest BCUT2D eigenvalue weighted by molar-refractivity contribution is -0.128. The van der Waals surface area contributed by atoms with E-state index in [1.807, 2.05) is 25.7 Å². The van der Waals surface area contributed by atoms with Gasteiger partial charge in [0.1, 0.15) is 12.3 Å². The normalized spacial score (nSPS) is 19.0. The minimum Gasteiger partial charge on any atom is -0.444 e. The zero-order chi connectivity index (χ0) is 20.6. The second-order valence-electron chi connectivity index (χ2n) is 8.13. The number of amides is 1. The highest BCUT2D eigenvalue weighted by Gasteiger charge is 2.21. The summed E-state index contributed by atoms with van der Waals surface area (Å²) in [6, 6.07) is 0. The molecule has 2 aliphatic heterocycles. The first-order valence-corrected chi connectivity index (χ1v) is 11.0. The summed E-state index contributed by atoms with van der Waals surface area (Å²) >= 11 is 0. The van der Waals surface area contributed by atoms with Crippen LogP contribution in [-0.4, -0.2) is 72.5 Å². The van der Waals surface area contributed by atoms with Crippen LogP contribution in [0.25, 0.3) is 0 Å². The Morgan fingerprint density at radius 1 is 1.17 bits per heavy atom. The van der Waals surface area contributed by atoms with Gasteiger partial charge in [0.05, 0.1) is 12.2 Å². The quantitative estimate of drug-likeness (QED) is 0.531. The zero-order valence-electron chi connectivity index (χ0n) is 18.2. The van der Waals surface area contributed by atoms with Crippen molar-refractivity contribution in [3.8, 4) is 0 Å². The number of likely N-dealkylation sites (tertiary alicyclic amines) is 2. The molecule has 0 atom stereocenters. The second-order valence-corrected chi connectivity index (χ2v) is 8.13. The number of oxazole rings is 1. The molecular weight excluding hydrogens is 368 g/mol. The van der Waals surface area contributed by atoms with E-state index in [9.17, 15) is 4.79 Å². The van der Waals surface area contributed by atoms with Crippen molar-refractivity contribution in [3.05, 3.63) is 17.3 Å². The molecule has 2 saturated heterocycles. The third-order valence-electron chi connectivity index (χ3n) is 5.87. The van der Waals surface area contributed by atoms with Gasteiger partial charge in [-0.25, -0.2) is 9.98 Å². The lowest BCUT2D eigenvalue weighted by atomic mass is 9.97. The average Bonchev–Trinajstić information content (AvgIpc) is 3.35. The van der Waals surface area contributed by atoms with Gasteiger partial charge in [0.15, 0.2) is 5.96 Å². The molecule has 0 aliphatic carbocycles. The minimum absolute atomic E-state index is 0.130. The zero-order valence-corrected chi connectivity index (χ0v) is 18.2. The van der Waals surface area contributed by atoms with Gasteiger partial charge < -0.3 is 20.0 Å². The summed E-state index contributed by atoms with van der Waals surface area (Å²) in [6.45, 7) is 12.5. The highest BCUT2D eigenvalue weighted by Crippen LogP contribution is 2.19. The third kappa shape index (κ3) is 6.45. The van der Waals surface area contributed by atoms with E-state index in [-0.39, 0.29) is 12.5 Å². The van der Waals surface area contributed by atoms with E-state index in [2.05, 4.69) is 25.5 Å². The number of hydrogen-bond acceptors (Lipinski definition) is 5. The Morgan fingerprint density at radius 3 is 2.52 bits per heavy atom. The van der Waals surface area contributed by atoms with E-state index in [1.54, 1.807) is 0 Å². The number of aryl methyl sites for hydroxylation is 2. The number of guanidine groups is 1. The van der Waals surface area contributed by atoms with Crippen LogP contribution in [0.2, 0.25) is 0 Å².